The molecule has 0 bridgehead atoms. The molecule has 1 aromatic rings. The molecule has 1 aromatic heterocycles. The molecule has 0 atom stereocenters. The van der Waals surface area contributed by atoms with Crippen molar-refractivity contribution in [2.75, 3.05) is 18.5 Å². The first-order valence-corrected chi connectivity index (χ1v) is 7.26. The summed E-state index contributed by atoms with van der Waals surface area (Å²) in [5.74, 6) is 4.24. The van der Waals surface area contributed by atoms with Gasteiger partial charge in [-0.25, -0.2) is 14.6 Å². The fourth-order valence-electron chi connectivity index (χ4n) is 1.39. The number of aromatic nitrogens is 1. The van der Waals surface area contributed by atoms with Gasteiger partial charge in [0.15, 0.2) is 5.69 Å². The van der Waals surface area contributed by atoms with Gasteiger partial charge in [0.25, 0.3) is 0 Å². The van der Waals surface area contributed by atoms with Crippen LogP contribution in [0.1, 0.15) is 29.3 Å². The van der Waals surface area contributed by atoms with Crippen LogP contribution in [0.5, 0.6) is 0 Å². The topological polar surface area (TPSA) is 80.3 Å². The van der Waals surface area contributed by atoms with E-state index in [0.29, 0.717) is 11.3 Å². The van der Waals surface area contributed by atoms with Crippen LogP contribution in [0, 0.1) is 11.8 Å². The molecule has 1 rings (SSSR count). The number of thiazole rings is 1. The van der Waals surface area contributed by atoms with Crippen LogP contribution in [0.25, 0.3) is 0 Å². The second-order valence-electron chi connectivity index (χ2n) is 4.03. The number of carbonyl (C=O) groups excluding carboxylic acids is 2. The van der Waals surface area contributed by atoms with Crippen molar-refractivity contribution >= 4 is 28.3 Å². The van der Waals surface area contributed by atoms with Gasteiger partial charge in [-0.05, 0) is 13.8 Å². The van der Waals surface area contributed by atoms with E-state index in [1.165, 1.54) is 0 Å². The summed E-state index contributed by atoms with van der Waals surface area (Å²) in [5.41, 5.74) is -0.354. The van der Waals surface area contributed by atoms with E-state index in [2.05, 4.69) is 27.5 Å². The Morgan fingerprint density at radius 1 is 1.39 bits per heavy atom. The predicted octanol–water partition coefficient (Wildman–Crippen LogP) is 2.57. The van der Waals surface area contributed by atoms with Gasteiger partial charge >= 0.3 is 18.2 Å². The average molecular weight is 349 g/mol. The molecule has 23 heavy (non-hydrogen) atoms. The van der Waals surface area contributed by atoms with Crippen molar-refractivity contribution in [1.82, 2.24) is 10.3 Å². The molecule has 0 spiro atoms. The van der Waals surface area contributed by atoms with E-state index < -0.39 is 24.6 Å². The zero-order valence-corrected chi connectivity index (χ0v) is 13.2. The van der Waals surface area contributed by atoms with E-state index in [4.69, 9.17) is 4.74 Å². The van der Waals surface area contributed by atoms with Crippen LogP contribution in [0.4, 0.5) is 23.0 Å². The quantitative estimate of drug-likeness (QED) is 0.632. The number of hydrogen-bond acceptors (Lipinski definition) is 5. The number of halogens is 3. The minimum absolute atomic E-state index is 0.0304. The number of carbonyl (C=O) groups is 2. The number of esters is 1. The molecule has 0 aliphatic carbocycles. The Labute approximate surface area is 134 Å². The lowest BCUT2D eigenvalue weighted by Gasteiger charge is -2.04. The standard InChI is InChI=1S/C13H14F3N3O3S/c1-3-5-6-17-12(21)19-10-9(11(20)22-4-2)18-8(23-10)7-13(14,15)16/h4,6-7H2,1-2H3,(H2,17,19,21). The normalized spacial score (nSPS) is 10.5. The van der Waals surface area contributed by atoms with Gasteiger partial charge in [-0.2, -0.15) is 13.2 Å². The number of urea groups is 1. The molecule has 0 aliphatic heterocycles. The Hall–Kier alpha value is -2.28. The van der Waals surface area contributed by atoms with Crippen LogP contribution in [0.2, 0.25) is 0 Å². The molecule has 6 nitrogen and oxygen atoms in total. The van der Waals surface area contributed by atoms with Crippen molar-refractivity contribution in [3.8, 4) is 11.8 Å². The smallest absolute Gasteiger partial charge is 0.395 e. The van der Waals surface area contributed by atoms with Crippen LogP contribution >= 0.6 is 11.3 Å². The highest BCUT2D eigenvalue weighted by molar-refractivity contribution is 7.16. The first kappa shape index (κ1) is 18.8. The maximum Gasteiger partial charge on any atom is 0.395 e. The summed E-state index contributed by atoms with van der Waals surface area (Å²) < 4.78 is 42.0. The molecular weight excluding hydrogens is 335 g/mol. The molecular formula is C13H14F3N3O3S. The molecule has 0 fully saturated rings. The predicted molar refractivity (Wildman–Crippen MR) is 78.3 cm³/mol. The van der Waals surface area contributed by atoms with E-state index >= 15 is 0 Å². The summed E-state index contributed by atoms with van der Waals surface area (Å²) in [4.78, 5) is 27.0. The van der Waals surface area contributed by atoms with Crippen LogP contribution in [0.3, 0.4) is 0 Å². The summed E-state index contributed by atoms with van der Waals surface area (Å²) in [6.45, 7) is 3.23. The minimum Gasteiger partial charge on any atom is -0.461 e. The molecule has 0 saturated heterocycles. The lowest BCUT2D eigenvalue weighted by molar-refractivity contribution is -0.127. The third-order valence-electron chi connectivity index (χ3n) is 2.23. The number of ether oxygens (including phenoxy) is 1. The van der Waals surface area contributed by atoms with Gasteiger partial charge in [-0.15, -0.1) is 5.92 Å². The molecule has 0 radical (unpaired) electrons. The number of amides is 2. The van der Waals surface area contributed by atoms with Crippen molar-refractivity contribution in [1.29, 1.82) is 0 Å². The molecule has 126 valence electrons. The lowest BCUT2D eigenvalue weighted by atomic mass is 10.4. The van der Waals surface area contributed by atoms with Gasteiger partial charge in [0.1, 0.15) is 10.0 Å². The average Bonchev–Trinajstić information content (AvgIpc) is 2.79. The van der Waals surface area contributed by atoms with Crippen LogP contribution < -0.4 is 10.6 Å². The fourth-order valence-corrected chi connectivity index (χ4v) is 2.37. The summed E-state index contributed by atoms with van der Waals surface area (Å²) >= 11 is 0.568. The number of nitrogens with one attached hydrogen (secondary N) is 2. The van der Waals surface area contributed by atoms with Gasteiger partial charge in [0, 0.05) is 0 Å². The maximum absolute atomic E-state index is 12.4. The molecule has 1 heterocycles. The van der Waals surface area contributed by atoms with Gasteiger partial charge < -0.3 is 10.1 Å². The van der Waals surface area contributed by atoms with E-state index in [-0.39, 0.29) is 28.9 Å². The number of nitrogens with zero attached hydrogens (tertiary/aromatic N) is 1. The maximum atomic E-state index is 12.4. The Kier molecular flexibility index (Phi) is 6.84. The fraction of sp³-hybridized carbons (Fsp3) is 0.462. The van der Waals surface area contributed by atoms with E-state index in [1.54, 1.807) is 13.8 Å². The summed E-state index contributed by atoms with van der Waals surface area (Å²) in [7, 11) is 0. The highest BCUT2D eigenvalue weighted by Crippen LogP contribution is 2.30. The van der Waals surface area contributed by atoms with E-state index in [0.717, 1.165) is 0 Å². The summed E-state index contributed by atoms with van der Waals surface area (Å²) in [5, 5.41) is 4.20. The molecule has 0 saturated carbocycles. The molecule has 2 N–H and O–H groups in total. The van der Waals surface area contributed by atoms with Crippen molar-refractivity contribution < 1.29 is 27.5 Å². The first-order valence-electron chi connectivity index (χ1n) is 6.44. The van der Waals surface area contributed by atoms with Crippen molar-refractivity contribution in [2.45, 2.75) is 26.4 Å². The minimum atomic E-state index is -4.47. The largest absolute Gasteiger partial charge is 0.461 e. The van der Waals surface area contributed by atoms with Gasteiger partial charge in [-0.1, -0.05) is 17.3 Å². The Morgan fingerprint density at radius 3 is 2.65 bits per heavy atom. The number of hydrogen-bond donors (Lipinski definition) is 2. The van der Waals surface area contributed by atoms with Gasteiger partial charge in [0.2, 0.25) is 0 Å². The monoisotopic (exact) mass is 349 g/mol. The molecule has 0 aliphatic rings. The van der Waals surface area contributed by atoms with E-state index in [9.17, 15) is 22.8 Å². The van der Waals surface area contributed by atoms with Crippen LogP contribution in [0.15, 0.2) is 0 Å². The Balaban J connectivity index is 2.94. The third-order valence-corrected chi connectivity index (χ3v) is 3.20. The zero-order chi connectivity index (χ0) is 17.5. The lowest BCUT2D eigenvalue weighted by Crippen LogP contribution is -2.29. The molecule has 2 amide bonds. The van der Waals surface area contributed by atoms with E-state index in [1.807, 2.05) is 0 Å². The highest BCUT2D eigenvalue weighted by atomic mass is 32.1. The third kappa shape index (κ3) is 6.56. The van der Waals surface area contributed by atoms with Crippen LogP contribution in [-0.4, -0.2) is 36.3 Å². The Bertz CT molecular complexity index is 632. The molecule has 10 heteroatoms. The summed E-state index contributed by atoms with van der Waals surface area (Å²) in [6, 6.07) is -0.708. The van der Waals surface area contributed by atoms with Crippen LogP contribution in [-0.2, 0) is 11.2 Å². The van der Waals surface area contributed by atoms with Crippen molar-refractivity contribution in [2.24, 2.45) is 0 Å². The second-order valence-corrected chi connectivity index (χ2v) is 5.12. The molecule has 0 aromatic carbocycles. The molecule has 0 unspecified atom stereocenters. The number of rotatable bonds is 5. The number of alkyl halides is 3. The second kappa shape index (κ2) is 8.38. The first-order chi connectivity index (χ1) is 10.8. The van der Waals surface area contributed by atoms with Gasteiger partial charge in [0.05, 0.1) is 19.6 Å². The van der Waals surface area contributed by atoms with Gasteiger partial charge in [-0.3, -0.25) is 5.32 Å². The summed E-state index contributed by atoms with van der Waals surface area (Å²) in [6.07, 6.45) is -5.77. The zero-order valence-electron chi connectivity index (χ0n) is 12.3. The highest BCUT2D eigenvalue weighted by Gasteiger charge is 2.31. The van der Waals surface area contributed by atoms with Crippen molar-refractivity contribution in [3.05, 3.63) is 10.7 Å². The SMILES string of the molecule is CC#CCNC(=O)Nc1sc(CC(F)(F)F)nc1C(=O)OCC. The number of anilines is 1. The Morgan fingerprint density at radius 2 is 2.09 bits per heavy atom. The van der Waals surface area contributed by atoms with Crippen molar-refractivity contribution in [3.63, 3.8) is 0 Å².